The van der Waals surface area contributed by atoms with Gasteiger partial charge in [0, 0.05) is 6.04 Å². The van der Waals surface area contributed by atoms with Crippen LogP contribution in [0, 0.1) is 5.92 Å². The van der Waals surface area contributed by atoms with Crippen LogP contribution in [0.5, 0.6) is 0 Å². The lowest BCUT2D eigenvalue weighted by Gasteiger charge is -2.24. The average molecular weight is 302 g/mol. The quantitative estimate of drug-likeness (QED) is 0.634. The number of hydrogen-bond donors (Lipinski definition) is 1. The molecule has 0 aliphatic carbocycles. The van der Waals surface area contributed by atoms with E-state index in [1.165, 1.54) is 12.8 Å². The first kappa shape index (κ1) is 16.8. The number of rotatable bonds is 8. The number of nitrogens with one attached hydrogen (secondary N) is 1. The zero-order valence-electron chi connectivity index (χ0n) is 12.2. The van der Waals surface area contributed by atoms with E-state index in [1.807, 2.05) is 12.1 Å². The van der Waals surface area contributed by atoms with Crippen LogP contribution in [-0.2, 0) is 0 Å². The van der Waals surface area contributed by atoms with Gasteiger partial charge in [0.1, 0.15) is 0 Å². The summed E-state index contributed by atoms with van der Waals surface area (Å²) in [5.74, 6) is 0.689. The normalized spacial score (nSPS) is 14.4. The smallest absolute Gasteiger partial charge is 0.0640 e. The van der Waals surface area contributed by atoms with Gasteiger partial charge in [-0.2, -0.15) is 0 Å². The Morgan fingerprint density at radius 2 is 1.89 bits per heavy atom. The van der Waals surface area contributed by atoms with Crippen molar-refractivity contribution in [1.82, 2.24) is 5.32 Å². The topological polar surface area (TPSA) is 12.0 Å². The minimum Gasteiger partial charge on any atom is -0.310 e. The summed E-state index contributed by atoms with van der Waals surface area (Å²) in [6.07, 6.45) is 4.71. The van der Waals surface area contributed by atoms with E-state index >= 15 is 0 Å². The highest BCUT2D eigenvalue weighted by atomic mass is 35.5. The van der Waals surface area contributed by atoms with E-state index in [0.29, 0.717) is 22.0 Å². The molecule has 0 aromatic heterocycles. The van der Waals surface area contributed by atoms with E-state index in [1.54, 1.807) is 0 Å². The largest absolute Gasteiger partial charge is 0.310 e. The predicted octanol–water partition coefficient (Wildman–Crippen LogP) is 5.86. The van der Waals surface area contributed by atoms with Gasteiger partial charge < -0.3 is 5.32 Å². The molecule has 0 fully saturated rings. The van der Waals surface area contributed by atoms with Crippen molar-refractivity contribution in [1.29, 1.82) is 0 Å². The molecule has 2 atom stereocenters. The van der Waals surface area contributed by atoms with E-state index in [2.05, 4.69) is 32.2 Å². The SMILES string of the molecule is CCCNC(CC(C)CCC)c1cccc(Cl)c1Cl. The van der Waals surface area contributed by atoms with Crippen LogP contribution >= 0.6 is 23.2 Å². The second-order valence-electron chi connectivity index (χ2n) is 5.28. The molecule has 0 saturated carbocycles. The Kier molecular flexibility index (Phi) is 7.82. The van der Waals surface area contributed by atoms with Crippen molar-refractivity contribution >= 4 is 23.2 Å². The van der Waals surface area contributed by atoms with Crippen LogP contribution in [0.4, 0.5) is 0 Å². The monoisotopic (exact) mass is 301 g/mol. The highest BCUT2D eigenvalue weighted by Crippen LogP contribution is 2.33. The Hall–Kier alpha value is -0.240. The molecule has 0 aliphatic rings. The maximum Gasteiger partial charge on any atom is 0.0640 e. The second-order valence-corrected chi connectivity index (χ2v) is 6.06. The number of halogens is 2. The van der Waals surface area contributed by atoms with Crippen LogP contribution in [0.2, 0.25) is 10.0 Å². The molecule has 1 nitrogen and oxygen atoms in total. The maximum atomic E-state index is 6.36. The first-order valence-electron chi connectivity index (χ1n) is 7.27. The Morgan fingerprint density at radius 1 is 1.16 bits per heavy atom. The molecule has 0 amide bonds. The second kappa shape index (κ2) is 8.84. The Labute approximate surface area is 127 Å². The molecule has 0 aliphatic heterocycles. The van der Waals surface area contributed by atoms with Gasteiger partial charge in [-0.15, -0.1) is 0 Å². The third kappa shape index (κ3) is 5.33. The molecule has 0 bridgehead atoms. The van der Waals surface area contributed by atoms with Gasteiger partial charge in [-0.05, 0) is 36.9 Å². The summed E-state index contributed by atoms with van der Waals surface area (Å²) in [5.41, 5.74) is 1.13. The molecule has 3 heteroatoms. The lowest BCUT2D eigenvalue weighted by molar-refractivity contribution is 0.390. The van der Waals surface area contributed by atoms with Crippen LogP contribution in [0.25, 0.3) is 0 Å². The molecule has 1 aromatic carbocycles. The molecule has 1 N–H and O–H groups in total. The number of benzene rings is 1. The van der Waals surface area contributed by atoms with Crippen molar-refractivity contribution in [3.63, 3.8) is 0 Å². The summed E-state index contributed by atoms with van der Waals surface area (Å²) in [6, 6.07) is 6.21. The van der Waals surface area contributed by atoms with E-state index < -0.39 is 0 Å². The van der Waals surface area contributed by atoms with E-state index in [-0.39, 0.29) is 0 Å². The fraction of sp³-hybridized carbons (Fsp3) is 0.625. The molecule has 1 aromatic rings. The zero-order chi connectivity index (χ0) is 14.3. The van der Waals surface area contributed by atoms with Crippen molar-refractivity contribution in [2.75, 3.05) is 6.54 Å². The van der Waals surface area contributed by atoms with Crippen molar-refractivity contribution in [3.8, 4) is 0 Å². The van der Waals surface area contributed by atoms with E-state index in [9.17, 15) is 0 Å². The fourth-order valence-electron chi connectivity index (χ4n) is 2.44. The summed E-state index contributed by atoms with van der Waals surface area (Å²) in [4.78, 5) is 0. The molecule has 1 rings (SSSR count). The zero-order valence-corrected chi connectivity index (χ0v) is 13.7. The molecule has 0 spiro atoms. The lowest BCUT2D eigenvalue weighted by Crippen LogP contribution is -2.24. The molecular formula is C16H25Cl2N. The van der Waals surface area contributed by atoms with Gasteiger partial charge in [0.2, 0.25) is 0 Å². The number of hydrogen-bond acceptors (Lipinski definition) is 1. The summed E-state index contributed by atoms with van der Waals surface area (Å²) < 4.78 is 0. The first-order chi connectivity index (χ1) is 9.10. The van der Waals surface area contributed by atoms with Crippen LogP contribution < -0.4 is 5.32 Å². The fourth-order valence-corrected chi connectivity index (χ4v) is 2.88. The first-order valence-corrected chi connectivity index (χ1v) is 8.03. The van der Waals surface area contributed by atoms with Crippen molar-refractivity contribution in [3.05, 3.63) is 33.8 Å². The standard InChI is InChI=1S/C16H25Cl2N/c1-4-7-12(3)11-15(19-10-5-2)13-8-6-9-14(17)16(13)18/h6,8-9,12,15,19H,4-5,7,10-11H2,1-3H3. The van der Waals surface area contributed by atoms with Gasteiger partial charge in [0.15, 0.2) is 0 Å². The van der Waals surface area contributed by atoms with Gasteiger partial charge in [-0.1, -0.05) is 68.9 Å². The van der Waals surface area contributed by atoms with E-state index in [4.69, 9.17) is 23.2 Å². The third-order valence-electron chi connectivity index (χ3n) is 3.42. The van der Waals surface area contributed by atoms with Crippen LogP contribution in [0.3, 0.4) is 0 Å². The van der Waals surface area contributed by atoms with Crippen molar-refractivity contribution in [2.45, 2.75) is 52.5 Å². The van der Waals surface area contributed by atoms with Gasteiger partial charge >= 0.3 is 0 Å². The predicted molar refractivity (Wildman–Crippen MR) is 86.2 cm³/mol. The molecule has 19 heavy (non-hydrogen) atoms. The Balaban J connectivity index is 2.85. The summed E-state index contributed by atoms with van der Waals surface area (Å²) in [5, 5.41) is 4.94. The maximum absolute atomic E-state index is 6.36. The van der Waals surface area contributed by atoms with Crippen LogP contribution in [0.1, 0.15) is 58.1 Å². The summed E-state index contributed by atoms with van der Waals surface area (Å²) >= 11 is 12.5. The molecule has 0 heterocycles. The van der Waals surface area contributed by atoms with Gasteiger partial charge in [-0.25, -0.2) is 0 Å². The minimum atomic E-state index is 0.299. The summed E-state index contributed by atoms with van der Waals surface area (Å²) in [6.45, 7) is 7.73. The lowest BCUT2D eigenvalue weighted by atomic mass is 9.93. The van der Waals surface area contributed by atoms with Crippen molar-refractivity contribution in [2.24, 2.45) is 5.92 Å². The van der Waals surface area contributed by atoms with Crippen LogP contribution in [0.15, 0.2) is 18.2 Å². The van der Waals surface area contributed by atoms with Crippen LogP contribution in [-0.4, -0.2) is 6.54 Å². The third-order valence-corrected chi connectivity index (χ3v) is 4.25. The van der Waals surface area contributed by atoms with Gasteiger partial charge in [0.25, 0.3) is 0 Å². The Bertz CT molecular complexity index is 379. The molecule has 108 valence electrons. The molecule has 0 radical (unpaired) electrons. The Morgan fingerprint density at radius 3 is 2.53 bits per heavy atom. The molecule has 0 saturated heterocycles. The average Bonchev–Trinajstić information content (AvgIpc) is 2.38. The van der Waals surface area contributed by atoms with Crippen molar-refractivity contribution < 1.29 is 0 Å². The molecule has 2 unspecified atom stereocenters. The minimum absolute atomic E-state index is 0.299. The molecular weight excluding hydrogens is 277 g/mol. The summed E-state index contributed by atoms with van der Waals surface area (Å²) in [7, 11) is 0. The highest BCUT2D eigenvalue weighted by molar-refractivity contribution is 6.42. The van der Waals surface area contributed by atoms with Gasteiger partial charge in [-0.3, -0.25) is 0 Å². The highest BCUT2D eigenvalue weighted by Gasteiger charge is 2.18. The van der Waals surface area contributed by atoms with Gasteiger partial charge in [0.05, 0.1) is 10.0 Å². The van der Waals surface area contributed by atoms with E-state index in [0.717, 1.165) is 24.9 Å².